The fourth-order valence-corrected chi connectivity index (χ4v) is 5.04. The van der Waals surface area contributed by atoms with Crippen LogP contribution in [0.2, 0.25) is 10.0 Å². The summed E-state index contributed by atoms with van der Waals surface area (Å²) in [7, 11) is 1.72. The Labute approximate surface area is 175 Å². The molecule has 0 radical (unpaired) electrons. The number of carbonyl (C=O) groups is 2. The molecule has 0 saturated carbocycles. The number of ketones is 2. The molecule has 1 aliphatic carbocycles. The predicted molar refractivity (Wildman–Crippen MR) is 106 cm³/mol. The number of carbonyl (C=O) groups excluding carboxylic acids is 2. The van der Waals surface area contributed by atoms with Gasteiger partial charge in [-0.1, -0.05) is 46.6 Å². The molecule has 1 unspecified atom stereocenters. The number of hydrogen-bond acceptors (Lipinski definition) is 6. The standard InChI is InChI=1S/C17H15Cl3N4O2S/c1-8(27-17-21-22-23-24(17)2)13-11(19)7-6-9(15(13)20)16(26)14-10(18)4-3-5-12(14)25/h6-8H,3-5H2,1-2H3. The van der Waals surface area contributed by atoms with E-state index in [4.69, 9.17) is 34.8 Å². The van der Waals surface area contributed by atoms with Crippen molar-refractivity contribution in [3.05, 3.63) is 43.9 Å². The van der Waals surface area contributed by atoms with E-state index in [0.29, 0.717) is 35.0 Å². The molecule has 1 aliphatic rings. The molecule has 6 nitrogen and oxygen atoms in total. The van der Waals surface area contributed by atoms with Crippen molar-refractivity contribution in [2.45, 2.75) is 36.6 Å². The van der Waals surface area contributed by atoms with Crippen LogP contribution < -0.4 is 0 Å². The lowest BCUT2D eigenvalue weighted by molar-refractivity contribution is -0.115. The molecule has 142 valence electrons. The summed E-state index contributed by atoms with van der Waals surface area (Å²) in [4.78, 5) is 25.2. The third-order valence-electron chi connectivity index (χ3n) is 4.22. The van der Waals surface area contributed by atoms with Crippen LogP contribution in [0.3, 0.4) is 0 Å². The smallest absolute Gasteiger partial charge is 0.209 e. The lowest BCUT2D eigenvalue weighted by atomic mass is 9.91. The number of rotatable bonds is 5. The van der Waals surface area contributed by atoms with Crippen LogP contribution in [0.25, 0.3) is 0 Å². The fourth-order valence-electron chi connectivity index (χ4n) is 2.85. The monoisotopic (exact) mass is 444 g/mol. The number of hydrogen-bond donors (Lipinski definition) is 0. The van der Waals surface area contributed by atoms with Gasteiger partial charge in [0, 0.05) is 39.9 Å². The minimum atomic E-state index is -0.467. The molecule has 0 fully saturated rings. The molecule has 27 heavy (non-hydrogen) atoms. The van der Waals surface area contributed by atoms with Crippen LogP contribution in [-0.4, -0.2) is 31.8 Å². The summed E-state index contributed by atoms with van der Waals surface area (Å²) >= 11 is 20.4. The Hall–Kier alpha value is -1.41. The molecule has 1 atom stereocenters. The molecule has 3 rings (SSSR count). The maximum atomic E-state index is 13.0. The summed E-state index contributed by atoms with van der Waals surface area (Å²) < 4.78 is 1.53. The second kappa shape index (κ2) is 8.31. The quantitative estimate of drug-likeness (QED) is 0.374. The van der Waals surface area contributed by atoms with Crippen LogP contribution in [0.4, 0.5) is 0 Å². The van der Waals surface area contributed by atoms with Gasteiger partial charge in [0.25, 0.3) is 0 Å². The van der Waals surface area contributed by atoms with Crippen molar-refractivity contribution < 1.29 is 9.59 Å². The van der Waals surface area contributed by atoms with E-state index in [1.54, 1.807) is 13.1 Å². The summed E-state index contributed by atoms with van der Waals surface area (Å²) in [5, 5.41) is 12.6. The van der Waals surface area contributed by atoms with Crippen molar-refractivity contribution >= 4 is 58.1 Å². The van der Waals surface area contributed by atoms with Gasteiger partial charge in [0.1, 0.15) is 0 Å². The summed E-state index contributed by atoms with van der Waals surface area (Å²) in [5.74, 6) is -0.721. The van der Waals surface area contributed by atoms with Crippen LogP contribution in [0.15, 0.2) is 27.9 Å². The van der Waals surface area contributed by atoms with Gasteiger partial charge in [0.15, 0.2) is 11.6 Å². The average molecular weight is 446 g/mol. The minimum Gasteiger partial charge on any atom is -0.294 e. The van der Waals surface area contributed by atoms with Gasteiger partial charge < -0.3 is 0 Å². The molecule has 0 N–H and O–H groups in total. The number of aryl methyl sites for hydroxylation is 1. The molecule has 2 aromatic rings. The Kier molecular flexibility index (Phi) is 6.25. The first-order valence-corrected chi connectivity index (χ1v) is 10.2. The van der Waals surface area contributed by atoms with Crippen molar-refractivity contribution in [3.63, 3.8) is 0 Å². The highest BCUT2D eigenvalue weighted by Crippen LogP contribution is 2.42. The summed E-state index contributed by atoms with van der Waals surface area (Å²) in [6.07, 6.45) is 1.46. The average Bonchev–Trinajstić information content (AvgIpc) is 2.99. The number of allylic oxidation sites excluding steroid dienone is 2. The van der Waals surface area contributed by atoms with Crippen molar-refractivity contribution in [2.24, 2.45) is 7.05 Å². The number of aromatic nitrogens is 4. The van der Waals surface area contributed by atoms with E-state index in [2.05, 4.69) is 15.5 Å². The molecule has 0 amide bonds. The zero-order valence-corrected chi connectivity index (χ0v) is 17.6. The minimum absolute atomic E-state index is 0.0240. The number of benzene rings is 1. The number of Topliss-reactive ketones (excluding diaryl/α,β-unsaturated/α-hetero) is 2. The summed E-state index contributed by atoms with van der Waals surface area (Å²) in [6, 6.07) is 3.13. The van der Waals surface area contributed by atoms with E-state index < -0.39 is 5.78 Å². The zero-order chi connectivity index (χ0) is 19.7. The van der Waals surface area contributed by atoms with Crippen LogP contribution in [0.1, 0.15) is 47.4 Å². The molecule has 10 heteroatoms. The van der Waals surface area contributed by atoms with E-state index in [1.165, 1.54) is 22.5 Å². The van der Waals surface area contributed by atoms with E-state index in [1.807, 2.05) is 6.92 Å². The lowest BCUT2D eigenvalue weighted by Crippen LogP contribution is -2.19. The first kappa shape index (κ1) is 20.3. The molecule has 1 aromatic carbocycles. The van der Waals surface area contributed by atoms with E-state index in [9.17, 15) is 9.59 Å². The van der Waals surface area contributed by atoms with Gasteiger partial charge in [-0.3, -0.25) is 9.59 Å². The molecular formula is C17H15Cl3N4O2S. The van der Waals surface area contributed by atoms with Gasteiger partial charge in [-0.25, -0.2) is 4.68 Å². The molecule has 1 aromatic heterocycles. The van der Waals surface area contributed by atoms with Crippen LogP contribution >= 0.6 is 46.6 Å². The van der Waals surface area contributed by atoms with Gasteiger partial charge in [0.05, 0.1) is 10.6 Å². The van der Waals surface area contributed by atoms with E-state index in [-0.39, 0.29) is 32.2 Å². The molecule has 1 heterocycles. The Bertz CT molecular complexity index is 958. The number of halogens is 3. The SMILES string of the molecule is CC(Sc1nnnn1C)c1c(Cl)ccc(C(=O)C2=C(Cl)CCCC2=O)c1Cl. The first-order chi connectivity index (χ1) is 12.8. The molecule has 0 aliphatic heterocycles. The molecule has 0 saturated heterocycles. The Morgan fingerprint density at radius 3 is 2.63 bits per heavy atom. The first-order valence-electron chi connectivity index (χ1n) is 8.14. The topological polar surface area (TPSA) is 77.7 Å². The van der Waals surface area contributed by atoms with Gasteiger partial charge in [-0.15, -0.1) is 5.10 Å². The second-order valence-corrected chi connectivity index (χ2v) is 8.60. The van der Waals surface area contributed by atoms with Crippen molar-refractivity contribution in [1.82, 2.24) is 20.2 Å². The van der Waals surface area contributed by atoms with Gasteiger partial charge >= 0.3 is 0 Å². The number of thioether (sulfide) groups is 1. The van der Waals surface area contributed by atoms with Gasteiger partial charge in [-0.05, 0) is 42.3 Å². The van der Waals surface area contributed by atoms with Crippen molar-refractivity contribution in [3.8, 4) is 0 Å². The highest BCUT2D eigenvalue weighted by Gasteiger charge is 2.30. The predicted octanol–water partition coefficient (Wildman–Crippen LogP) is 4.80. The zero-order valence-electron chi connectivity index (χ0n) is 14.5. The fraction of sp³-hybridized carbons (Fsp3) is 0.353. The van der Waals surface area contributed by atoms with Gasteiger partial charge in [-0.2, -0.15) is 0 Å². The van der Waals surface area contributed by atoms with Crippen molar-refractivity contribution in [2.75, 3.05) is 0 Å². The summed E-state index contributed by atoms with van der Waals surface area (Å²) in [6.45, 7) is 1.89. The van der Waals surface area contributed by atoms with E-state index in [0.717, 1.165) is 0 Å². The van der Waals surface area contributed by atoms with Crippen LogP contribution in [0, 0.1) is 0 Å². The number of nitrogens with zero attached hydrogens (tertiary/aromatic N) is 4. The van der Waals surface area contributed by atoms with E-state index >= 15 is 0 Å². The lowest BCUT2D eigenvalue weighted by Gasteiger charge is -2.18. The number of tetrazole rings is 1. The Morgan fingerprint density at radius 1 is 1.26 bits per heavy atom. The normalized spacial score (nSPS) is 16.0. The second-order valence-electron chi connectivity index (χ2n) is 6.05. The van der Waals surface area contributed by atoms with Gasteiger partial charge in [0.2, 0.25) is 5.16 Å². The molecule has 0 bridgehead atoms. The molecule has 0 spiro atoms. The largest absolute Gasteiger partial charge is 0.294 e. The third-order valence-corrected chi connectivity index (χ3v) is 6.48. The van der Waals surface area contributed by atoms with Crippen LogP contribution in [-0.2, 0) is 11.8 Å². The Morgan fingerprint density at radius 2 is 2.00 bits per heavy atom. The molecular weight excluding hydrogens is 431 g/mol. The summed E-state index contributed by atoms with van der Waals surface area (Å²) in [5.41, 5.74) is 0.816. The third kappa shape index (κ3) is 4.06. The highest BCUT2D eigenvalue weighted by atomic mass is 35.5. The maximum Gasteiger partial charge on any atom is 0.209 e. The maximum absolute atomic E-state index is 13.0. The van der Waals surface area contributed by atoms with Crippen molar-refractivity contribution in [1.29, 1.82) is 0 Å². The van der Waals surface area contributed by atoms with Crippen LogP contribution in [0.5, 0.6) is 0 Å². The Balaban J connectivity index is 1.99. The highest BCUT2D eigenvalue weighted by molar-refractivity contribution is 7.99.